The van der Waals surface area contributed by atoms with Gasteiger partial charge in [0.05, 0.1) is 13.3 Å². The second-order valence-electron chi connectivity index (χ2n) is 6.31. The highest BCUT2D eigenvalue weighted by Crippen LogP contribution is 2.32. The van der Waals surface area contributed by atoms with Crippen molar-refractivity contribution in [3.8, 4) is 11.5 Å². The fourth-order valence-corrected chi connectivity index (χ4v) is 3.31. The first-order valence-electron chi connectivity index (χ1n) is 8.57. The molecule has 1 saturated carbocycles. The van der Waals surface area contributed by atoms with Crippen molar-refractivity contribution < 1.29 is 14.3 Å². The maximum Gasteiger partial charge on any atom is 0.330 e. The summed E-state index contributed by atoms with van der Waals surface area (Å²) in [6.07, 6.45) is 6.54. The number of aromatic nitrogens is 2. The van der Waals surface area contributed by atoms with Gasteiger partial charge in [0.25, 0.3) is 5.56 Å². The highest BCUT2D eigenvalue weighted by Gasteiger charge is 2.29. The molecule has 0 radical (unpaired) electrons. The molecular formula is C19H22N2O4. The third-order valence-corrected chi connectivity index (χ3v) is 4.58. The maximum atomic E-state index is 12.5. The average molecular weight is 342 g/mol. The van der Waals surface area contributed by atoms with Gasteiger partial charge in [-0.2, -0.15) is 5.10 Å². The highest BCUT2D eigenvalue weighted by molar-refractivity contribution is 5.73. The van der Waals surface area contributed by atoms with E-state index in [-0.39, 0.29) is 5.56 Å². The fourth-order valence-electron chi connectivity index (χ4n) is 3.31. The van der Waals surface area contributed by atoms with Crippen LogP contribution in [-0.2, 0) is 9.53 Å². The molecular weight excluding hydrogens is 320 g/mol. The lowest BCUT2D eigenvalue weighted by Crippen LogP contribution is -2.33. The first kappa shape index (κ1) is 17.2. The Bertz CT molecular complexity index is 766. The predicted octanol–water partition coefficient (Wildman–Crippen LogP) is 3.33. The molecule has 0 saturated heterocycles. The van der Waals surface area contributed by atoms with Gasteiger partial charge in [-0.1, -0.05) is 43.9 Å². The Morgan fingerprint density at radius 3 is 2.60 bits per heavy atom. The first-order chi connectivity index (χ1) is 12.2. The Morgan fingerprint density at radius 2 is 1.96 bits per heavy atom. The number of ether oxygens (including phenoxy) is 2. The van der Waals surface area contributed by atoms with Crippen LogP contribution in [0, 0.1) is 5.92 Å². The van der Waals surface area contributed by atoms with E-state index >= 15 is 0 Å². The van der Waals surface area contributed by atoms with Gasteiger partial charge in [0.15, 0.2) is 11.8 Å². The van der Waals surface area contributed by atoms with Crippen molar-refractivity contribution in [2.45, 2.75) is 38.1 Å². The molecule has 0 N–H and O–H groups in total. The minimum absolute atomic E-state index is 0.344. The van der Waals surface area contributed by atoms with Gasteiger partial charge in [-0.3, -0.25) is 4.79 Å². The zero-order chi connectivity index (χ0) is 17.6. The fraction of sp³-hybridized carbons (Fsp3) is 0.421. The molecule has 1 atom stereocenters. The zero-order valence-electron chi connectivity index (χ0n) is 14.3. The van der Waals surface area contributed by atoms with Crippen molar-refractivity contribution in [3.63, 3.8) is 0 Å². The molecule has 132 valence electrons. The Balaban J connectivity index is 1.81. The Morgan fingerprint density at radius 1 is 1.24 bits per heavy atom. The van der Waals surface area contributed by atoms with Gasteiger partial charge < -0.3 is 9.47 Å². The monoisotopic (exact) mass is 342 g/mol. The molecule has 1 unspecified atom stereocenters. The molecule has 2 aromatic rings. The quantitative estimate of drug-likeness (QED) is 0.753. The van der Waals surface area contributed by atoms with Crippen LogP contribution in [0.15, 0.2) is 47.4 Å². The van der Waals surface area contributed by atoms with E-state index in [1.807, 2.05) is 18.2 Å². The minimum Gasteiger partial charge on any atom is -0.467 e. The Hall–Kier alpha value is -2.63. The molecule has 1 heterocycles. The average Bonchev–Trinajstić information content (AvgIpc) is 3.14. The standard InChI is InChI=1S/C19H22N2O4/c1-24-19(23)17(11-14-7-5-6-8-14)21-18(22)12-16(13-20-21)25-15-9-3-2-4-10-15/h2-4,9-10,12-14,17H,5-8,11H2,1H3. The number of nitrogens with zero attached hydrogens (tertiary/aromatic N) is 2. The van der Waals surface area contributed by atoms with Gasteiger partial charge in [-0.25, -0.2) is 9.48 Å². The van der Waals surface area contributed by atoms with Crippen LogP contribution in [0.4, 0.5) is 0 Å². The third kappa shape index (κ3) is 4.26. The molecule has 0 amide bonds. The number of carbonyl (C=O) groups excluding carboxylic acids is 1. The van der Waals surface area contributed by atoms with E-state index in [9.17, 15) is 9.59 Å². The van der Waals surface area contributed by atoms with Crippen LogP contribution in [0.25, 0.3) is 0 Å². The first-order valence-corrected chi connectivity index (χ1v) is 8.57. The van der Waals surface area contributed by atoms with Gasteiger partial charge in [0.1, 0.15) is 5.75 Å². The van der Waals surface area contributed by atoms with E-state index in [0.29, 0.717) is 23.8 Å². The van der Waals surface area contributed by atoms with Crippen LogP contribution < -0.4 is 10.3 Å². The Kier molecular flexibility index (Phi) is 5.48. The number of hydrogen-bond donors (Lipinski definition) is 0. The molecule has 1 aromatic carbocycles. The van der Waals surface area contributed by atoms with E-state index < -0.39 is 12.0 Å². The lowest BCUT2D eigenvalue weighted by Gasteiger charge is -2.19. The molecule has 0 bridgehead atoms. The molecule has 1 aliphatic rings. The minimum atomic E-state index is -0.689. The van der Waals surface area contributed by atoms with Crippen molar-refractivity contribution >= 4 is 5.97 Å². The van der Waals surface area contributed by atoms with Crippen LogP contribution in [0.5, 0.6) is 11.5 Å². The second kappa shape index (κ2) is 7.96. The normalized spacial score (nSPS) is 15.7. The number of para-hydroxylation sites is 1. The van der Waals surface area contributed by atoms with Crippen LogP contribution >= 0.6 is 0 Å². The number of rotatable bonds is 6. The highest BCUT2D eigenvalue weighted by atomic mass is 16.5. The van der Waals surface area contributed by atoms with Crippen molar-refractivity contribution in [1.29, 1.82) is 0 Å². The molecule has 1 aliphatic carbocycles. The van der Waals surface area contributed by atoms with Gasteiger partial charge in [0, 0.05) is 6.07 Å². The van der Waals surface area contributed by atoms with Crippen molar-refractivity contribution in [3.05, 3.63) is 52.9 Å². The molecule has 0 spiro atoms. The Labute approximate surface area is 146 Å². The summed E-state index contributed by atoms with van der Waals surface area (Å²) in [6.45, 7) is 0. The van der Waals surface area contributed by atoms with Crippen molar-refractivity contribution in [2.24, 2.45) is 5.92 Å². The zero-order valence-corrected chi connectivity index (χ0v) is 14.3. The van der Waals surface area contributed by atoms with Crippen molar-refractivity contribution in [1.82, 2.24) is 9.78 Å². The lowest BCUT2D eigenvalue weighted by molar-refractivity contribution is -0.145. The molecule has 6 heteroatoms. The molecule has 0 aliphatic heterocycles. The van der Waals surface area contributed by atoms with E-state index in [2.05, 4.69) is 5.10 Å². The van der Waals surface area contributed by atoms with Crippen LogP contribution in [-0.4, -0.2) is 22.9 Å². The maximum absolute atomic E-state index is 12.5. The number of benzene rings is 1. The number of carbonyl (C=O) groups is 1. The van der Waals surface area contributed by atoms with Gasteiger partial charge >= 0.3 is 5.97 Å². The van der Waals surface area contributed by atoms with Crippen LogP contribution in [0.1, 0.15) is 38.1 Å². The van der Waals surface area contributed by atoms with Gasteiger partial charge in [0.2, 0.25) is 0 Å². The summed E-state index contributed by atoms with van der Waals surface area (Å²) in [5.74, 6) is 0.963. The smallest absolute Gasteiger partial charge is 0.330 e. The summed E-state index contributed by atoms with van der Waals surface area (Å²) in [6, 6.07) is 9.83. The molecule has 1 aromatic heterocycles. The molecule has 6 nitrogen and oxygen atoms in total. The molecule has 3 rings (SSSR count). The van der Waals surface area contributed by atoms with Gasteiger partial charge in [-0.15, -0.1) is 0 Å². The molecule has 25 heavy (non-hydrogen) atoms. The summed E-state index contributed by atoms with van der Waals surface area (Å²) in [7, 11) is 1.34. The van der Waals surface area contributed by atoms with E-state index in [1.54, 1.807) is 12.1 Å². The summed E-state index contributed by atoms with van der Waals surface area (Å²) in [4.78, 5) is 24.7. The van der Waals surface area contributed by atoms with Crippen LogP contribution in [0.2, 0.25) is 0 Å². The summed E-state index contributed by atoms with van der Waals surface area (Å²) >= 11 is 0. The summed E-state index contributed by atoms with van der Waals surface area (Å²) in [5.41, 5.74) is -0.373. The topological polar surface area (TPSA) is 70.4 Å². The number of esters is 1. The SMILES string of the molecule is COC(=O)C(CC1CCCC1)n1ncc(Oc2ccccc2)cc1=O. The summed E-state index contributed by atoms with van der Waals surface area (Å²) in [5, 5.41) is 4.16. The summed E-state index contributed by atoms with van der Waals surface area (Å²) < 4.78 is 11.7. The lowest BCUT2D eigenvalue weighted by atomic mass is 9.98. The largest absolute Gasteiger partial charge is 0.467 e. The predicted molar refractivity (Wildman–Crippen MR) is 92.6 cm³/mol. The number of hydrogen-bond acceptors (Lipinski definition) is 5. The van der Waals surface area contributed by atoms with E-state index in [0.717, 1.165) is 12.8 Å². The molecule has 1 fully saturated rings. The number of methoxy groups -OCH3 is 1. The third-order valence-electron chi connectivity index (χ3n) is 4.58. The second-order valence-corrected chi connectivity index (χ2v) is 6.31. The van der Waals surface area contributed by atoms with Gasteiger partial charge in [-0.05, 0) is 24.5 Å². The van der Waals surface area contributed by atoms with E-state index in [1.165, 1.54) is 36.9 Å². The van der Waals surface area contributed by atoms with E-state index in [4.69, 9.17) is 9.47 Å². The van der Waals surface area contributed by atoms with Crippen LogP contribution in [0.3, 0.4) is 0 Å². The van der Waals surface area contributed by atoms with Crippen molar-refractivity contribution in [2.75, 3.05) is 7.11 Å².